The number of carboxylic acids is 1. The highest BCUT2D eigenvalue weighted by Crippen LogP contribution is 2.26. The lowest BCUT2D eigenvalue weighted by Gasteiger charge is -2.21. The number of hydrogen-bond donors (Lipinski definition) is 1. The molecular weight excluding hydrogens is 254 g/mol. The monoisotopic (exact) mass is 277 g/mol. The van der Waals surface area contributed by atoms with Crippen molar-refractivity contribution in [1.82, 2.24) is 4.90 Å². The Balaban J connectivity index is 1.79. The van der Waals surface area contributed by atoms with Gasteiger partial charge in [0, 0.05) is 19.1 Å². The molecular formula is C16H23NO3. The van der Waals surface area contributed by atoms with Crippen molar-refractivity contribution in [3.63, 3.8) is 0 Å². The first-order valence-electron chi connectivity index (χ1n) is 7.21. The first-order chi connectivity index (χ1) is 9.54. The van der Waals surface area contributed by atoms with E-state index in [0.29, 0.717) is 19.2 Å². The molecule has 1 aromatic rings. The minimum atomic E-state index is -0.731. The first-order valence-corrected chi connectivity index (χ1v) is 7.21. The van der Waals surface area contributed by atoms with Gasteiger partial charge in [0.05, 0.1) is 6.42 Å². The van der Waals surface area contributed by atoms with Crippen molar-refractivity contribution in [2.75, 3.05) is 19.7 Å². The van der Waals surface area contributed by atoms with E-state index in [9.17, 15) is 4.79 Å². The lowest BCUT2D eigenvalue weighted by Crippen LogP contribution is -2.32. The van der Waals surface area contributed by atoms with Gasteiger partial charge in [-0.3, -0.25) is 9.69 Å². The Bertz CT molecular complexity index is 449. The third-order valence-electron chi connectivity index (χ3n) is 3.52. The second-order valence-corrected chi connectivity index (χ2v) is 5.58. The number of aryl methyl sites for hydroxylation is 2. The number of aliphatic carboxylic acids is 1. The molecule has 0 radical (unpaired) electrons. The van der Waals surface area contributed by atoms with Crippen LogP contribution in [-0.2, 0) is 4.79 Å². The number of rotatable bonds is 8. The van der Waals surface area contributed by atoms with E-state index in [1.54, 1.807) is 0 Å². The van der Waals surface area contributed by atoms with Crippen LogP contribution in [-0.4, -0.2) is 41.7 Å². The van der Waals surface area contributed by atoms with Crippen molar-refractivity contribution < 1.29 is 14.6 Å². The van der Waals surface area contributed by atoms with Gasteiger partial charge in [-0.05, 0) is 49.9 Å². The molecule has 0 heterocycles. The summed E-state index contributed by atoms with van der Waals surface area (Å²) in [5.74, 6) is 0.169. The Morgan fingerprint density at radius 2 is 1.90 bits per heavy atom. The van der Waals surface area contributed by atoms with Crippen LogP contribution in [0, 0.1) is 13.8 Å². The van der Waals surface area contributed by atoms with E-state index in [0.717, 1.165) is 12.3 Å². The minimum absolute atomic E-state index is 0.208. The van der Waals surface area contributed by atoms with Crippen molar-refractivity contribution in [3.05, 3.63) is 29.3 Å². The lowest BCUT2D eigenvalue weighted by molar-refractivity contribution is -0.137. The zero-order valence-corrected chi connectivity index (χ0v) is 12.3. The third-order valence-corrected chi connectivity index (χ3v) is 3.52. The molecule has 20 heavy (non-hydrogen) atoms. The Morgan fingerprint density at radius 3 is 2.45 bits per heavy atom. The van der Waals surface area contributed by atoms with Crippen molar-refractivity contribution in [3.8, 4) is 5.75 Å². The van der Waals surface area contributed by atoms with Gasteiger partial charge in [0.25, 0.3) is 0 Å². The topological polar surface area (TPSA) is 49.8 Å². The van der Waals surface area contributed by atoms with E-state index in [2.05, 4.69) is 24.8 Å². The summed E-state index contributed by atoms with van der Waals surface area (Å²) in [4.78, 5) is 12.9. The van der Waals surface area contributed by atoms with Gasteiger partial charge in [0.15, 0.2) is 0 Å². The van der Waals surface area contributed by atoms with Gasteiger partial charge in [-0.1, -0.05) is 6.07 Å². The molecule has 0 bridgehead atoms. The molecule has 1 saturated carbocycles. The normalized spacial score (nSPS) is 14.6. The smallest absolute Gasteiger partial charge is 0.304 e. The molecule has 4 heteroatoms. The predicted octanol–water partition coefficient (Wildman–Crippen LogP) is 2.62. The summed E-state index contributed by atoms with van der Waals surface area (Å²) in [6, 6.07) is 6.75. The number of hydrogen-bond acceptors (Lipinski definition) is 3. The Kier molecular flexibility index (Phi) is 5.01. The zero-order valence-electron chi connectivity index (χ0n) is 12.3. The standard InChI is InChI=1S/C16H23NO3/c1-12-9-13(2)11-15(10-12)20-8-7-17(14-3-4-14)6-5-16(18)19/h9-11,14H,3-8H2,1-2H3,(H,18,19). The summed E-state index contributed by atoms with van der Waals surface area (Å²) >= 11 is 0. The molecule has 0 amide bonds. The lowest BCUT2D eigenvalue weighted by atomic mass is 10.1. The largest absolute Gasteiger partial charge is 0.492 e. The first kappa shape index (κ1) is 14.9. The van der Waals surface area contributed by atoms with Gasteiger partial charge < -0.3 is 9.84 Å². The Morgan fingerprint density at radius 1 is 1.25 bits per heavy atom. The van der Waals surface area contributed by atoms with Crippen molar-refractivity contribution in [2.24, 2.45) is 0 Å². The van der Waals surface area contributed by atoms with Crippen LogP contribution in [0.15, 0.2) is 18.2 Å². The maximum Gasteiger partial charge on any atom is 0.304 e. The maximum absolute atomic E-state index is 10.7. The molecule has 1 fully saturated rings. The number of carboxylic acid groups (broad SMARTS) is 1. The van der Waals surface area contributed by atoms with E-state index in [-0.39, 0.29) is 6.42 Å². The molecule has 4 nitrogen and oxygen atoms in total. The van der Waals surface area contributed by atoms with Gasteiger partial charge in [-0.25, -0.2) is 0 Å². The van der Waals surface area contributed by atoms with Crippen LogP contribution in [0.1, 0.15) is 30.4 Å². The van der Waals surface area contributed by atoms with Gasteiger partial charge in [-0.15, -0.1) is 0 Å². The Labute approximate surface area is 120 Å². The summed E-state index contributed by atoms with van der Waals surface area (Å²) < 4.78 is 5.79. The number of nitrogens with zero attached hydrogens (tertiary/aromatic N) is 1. The summed E-state index contributed by atoms with van der Waals surface area (Å²) in [7, 11) is 0. The van der Waals surface area contributed by atoms with E-state index in [4.69, 9.17) is 9.84 Å². The zero-order chi connectivity index (χ0) is 14.5. The second-order valence-electron chi connectivity index (χ2n) is 5.58. The third kappa shape index (κ3) is 4.85. The van der Waals surface area contributed by atoms with E-state index in [1.165, 1.54) is 24.0 Å². The maximum atomic E-state index is 10.7. The fourth-order valence-electron chi connectivity index (χ4n) is 2.45. The molecule has 0 spiro atoms. The summed E-state index contributed by atoms with van der Waals surface area (Å²) in [6.07, 6.45) is 2.58. The van der Waals surface area contributed by atoms with Crippen molar-refractivity contribution in [2.45, 2.75) is 39.2 Å². The molecule has 110 valence electrons. The molecule has 1 aliphatic carbocycles. The van der Waals surface area contributed by atoms with E-state index >= 15 is 0 Å². The summed E-state index contributed by atoms with van der Waals surface area (Å²) in [5, 5.41) is 8.77. The molecule has 1 N–H and O–H groups in total. The van der Waals surface area contributed by atoms with Crippen molar-refractivity contribution in [1.29, 1.82) is 0 Å². The molecule has 1 aromatic carbocycles. The van der Waals surface area contributed by atoms with Crippen LogP contribution in [0.2, 0.25) is 0 Å². The molecule has 0 unspecified atom stereocenters. The number of benzene rings is 1. The van der Waals surface area contributed by atoms with Crippen LogP contribution in [0.25, 0.3) is 0 Å². The molecule has 0 atom stereocenters. The van der Waals surface area contributed by atoms with E-state index in [1.807, 2.05) is 12.1 Å². The van der Waals surface area contributed by atoms with Crippen LogP contribution in [0.4, 0.5) is 0 Å². The SMILES string of the molecule is Cc1cc(C)cc(OCCN(CCC(=O)O)C2CC2)c1. The average Bonchev–Trinajstić information content (AvgIpc) is 3.16. The Hall–Kier alpha value is -1.55. The van der Waals surface area contributed by atoms with Crippen LogP contribution < -0.4 is 4.74 Å². The molecule has 0 aliphatic heterocycles. The fraction of sp³-hybridized carbons (Fsp3) is 0.562. The number of ether oxygens (including phenoxy) is 1. The van der Waals surface area contributed by atoms with Gasteiger partial charge >= 0.3 is 5.97 Å². The molecule has 2 rings (SSSR count). The van der Waals surface area contributed by atoms with Gasteiger partial charge in [-0.2, -0.15) is 0 Å². The fourth-order valence-corrected chi connectivity index (χ4v) is 2.45. The molecule has 0 saturated heterocycles. The summed E-state index contributed by atoms with van der Waals surface area (Å²) in [6.45, 7) is 6.15. The quantitative estimate of drug-likeness (QED) is 0.793. The van der Waals surface area contributed by atoms with Crippen LogP contribution in [0.3, 0.4) is 0 Å². The van der Waals surface area contributed by atoms with Crippen molar-refractivity contribution >= 4 is 5.97 Å². The minimum Gasteiger partial charge on any atom is -0.492 e. The predicted molar refractivity (Wildman–Crippen MR) is 78.3 cm³/mol. The van der Waals surface area contributed by atoms with Gasteiger partial charge in [0.2, 0.25) is 0 Å². The highest BCUT2D eigenvalue weighted by atomic mass is 16.5. The summed E-state index contributed by atoms with van der Waals surface area (Å²) in [5.41, 5.74) is 2.40. The second kappa shape index (κ2) is 6.75. The molecule has 1 aliphatic rings. The molecule has 0 aromatic heterocycles. The average molecular weight is 277 g/mol. The van der Waals surface area contributed by atoms with Gasteiger partial charge in [0.1, 0.15) is 12.4 Å². The van der Waals surface area contributed by atoms with Crippen LogP contribution >= 0.6 is 0 Å². The number of carbonyl (C=O) groups is 1. The highest BCUT2D eigenvalue weighted by molar-refractivity contribution is 5.66. The highest BCUT2D eigenvalue weighted by Gasteiger charge is 2.28. The van der Waals surface area contributed by atoms with E-state index < -0.39 is 5.97 Å². The van der Waals surface area contributed by atoms with Crippen LogP contribution in [0.5, 0.6) is 5.75 Å².